The van der Waals surface area contributed by atoms with E-state index in [-0.39, 0.29) is 68.3 Å². The molecule has 0 saturated heterocycles. The van der Waals surface area contributed by atoms with Crippen LogP contribution in [0.15, 0.2) is 0 Å². The third kappa shape index (κ3) is 42.4. The van der Waals surface area contributed by atoms with Crippen LogP contribution in [0.25, 0.3) is 0 Å². The molecular weight excluding hydrogens is 875 g/mol. The van der Waals surface area contributed by atoms with Crippen molar-refractivity contribution in [3.05, 3.63) is 0 Å². The first-order valence-corrected chi connectivity index (χ1v) is 27.5. The number of carbonyl (C=O) groups excluding carboxylic acids is 7. The van der Waals surface area contributed by atoms with Crippen LogP contribution in [0.1, 0.15) is 226 Å². The number of hydrogen-bond donors (Lipinski definition) is 6. The average Bonchev–Trinajstić information content (AvgIpc) is 3.30. The van der Waals surface area contributed by atoms with Gasteiger partial charge in [-0.3, -0.25) is 33.6 Å². The van der Waals surface area contributed by atoms with E-state index in [1.165, 1.54) is 134 Å². The first-order valence-electron chi connectivity index (χ1n) is 26.4. The number of hydrogen-bond acceptors (Lipinski definition) is 11. The molecule has 3 atom stereocenters. The van der Waals surface area contributed by atoms with Gasteiger partial charge in [0.1, 0.15) is 24.8 Å². The Labute approximate surface area is 409 Å². The predicted molar refractivity (Wildman–Crippen MR) is 269 cm³/mol. The normalized spacial score (nSPS) is 12.4. The van der Waals surface area contributed by atoms with Crippen LogP contribution in [0.3, 0.4) is 0 Å². The number of rotatable bonds is 48. The monoisotopic (exact) mass is 970 g/mol. The van der Waals surface area contributed by atoms with Crippen molar-refractivity contribution < 1.29 is 48.1 Å². The van der Waals surface area contributed by atoms with Gasteiger partial charge in [0.2, 0.25) is 29.5 Å². The van der Waals surface area contributed by atoms with E-state index in [4.69, 9.17) is 15.2 Å². The summed E-state index contributed by atoms with van der Waals surface area (Å²) >= 11 is 1.23. The van der Waals surface area contributed by atoms with Crippen LogP contribution in [0.4, 0.5) is 0 Å². The van der Waals surface area contributed by atoms with Crippen molar-refractivity contribution in [3.63, 3.8) is 0 Å². The molecule has 0 bridgehead atoms. The van der Waals surface area contributed by atoms with Gasteiger partial charge >= 0.3 is 11.9 Å². The van der Waals surface area contributed by atoms with Crippen molar-refractivity contribution in [1.82, 2.24) is 21.3 Å². The second-order valence-corrected chi connectivity index (χ2v) is 19.2. The van der Waals surface area contributed by atoms with Crippen molar-refractivity contribution >= 4 is 53.2 Å². The summed E-state index contributed by atoms with van der Waals surface area (Å²) in [7, 11) is 0. The van der Waals surface area contributed by atoms with E-state index in [1.807, 2.05) is 0 Å². The Bertz CT molecular complexity index is 1310. The zero-order chi connectivity index (χ0) is 49.6. The number of ether oxygens (including phenoxy) is 2. The van der Waals surface area contributed by atoms with E-state index in [0.29, 0.717) is 25.7 Å². The van der Waals surface area contributed by atoms with Gasteiger partial charge < -0.3 is 41.6 Å². The second kappa shape index (κ2) is 46.3. The second-order valence-electron chi connectivity index (χ2n) is 18.2. The summed E-state index contributed by atoms with van der Waals surface area (Å²) in [6.45, 7) is 4.95. The molecule has 0 aromatic heterocycles. The Balaban J connectivity index is 5.01. The number of aliphatic hydroxyl groups excluding tert-OH is 1. The lowest BCUT2D eigenvalue weighted by atomic mass is 10.0. The van der Waals surface area contributed by atoms with E-state index in [1.54, 1.807) is 0 Å². The molecule has 16 heteroatoms. The van der Waals surface area contributed by atoms with Crippen LogP contribution in [-0.2, 0) is 43.0 Å². The Kier molecular flexibility index (Phi) is 44.0. The lowest BCUT2D eigenvalue weighted by Gasteiger charge is -2.23. The maximum Gasteiger partial charge on any atom is 0.306 e. The Morgan fingerprint density at radius 1 is 0.522 bits per heavy atom. The van der Waals surface area contributed by atoms with E-state index in [9.17, 15) is 38.7 Å². The number of nitrogens with one attached hydrogen (secondary N) is 4. The number of esters is 2. The molecule has 0 spiro atoms. The summed E-state index contributed by atoms with van der Waals surface area (Å²) < 4.78 is 11.4. The maximum atomic E-state index is 13.3. The molecule has 390 valence electrons. The van der Waals surface area contributed by atoms with Crippen molar-refractivity contribution in [2.75, 3.05) is 37.8 Å². The number of carbonyl (C=O) groups is 7. The first kappa shape index (κ1) is 63.6. The molecule has 7 N–H and O–H groups in total. The summed E-state index contributed by atoms with van der Waals surface area (Å²) in [5.41, 5.74) is 5.02. The summed E-state index contributed by atoms with van der Waals surface area (Å²) in [4.78, 5) is 86.5. The SMILES string of the molecule is CCCCCCCCCCCCCCCC(=O)OCC(CSCC(NC(C)=O)C(=O)NC(CO)C(=O)NCCCCCC(=O)NCC(N)=O)OC(=O)CCCCCCCCCCCCCCC. The molecule has 0 aromatic rings. The van der Waals surface area contributed by atoms with Gasteiger partial charge in [0.15, 0.2) is 0 Å². The fourth-order valence-electron chi connectivity index (χ4n) is 7.60. The topological polar surface area (TPSA) is 232 Å². The Morgan fingerprint density at radius 3 is 1.43 bits per heavy atom. The third-order valence-corrected chi connectivity index (χ3v) is 12.8. The molecule has 67 heavy (non-hydrogen) atoms. The number of thioether (sulfide) groups is 1. The Hall–Kier alpha value is -3.40. The van der Waals surface area contributed by atoms with Gasteiger partial charge in [-0.15, -0.1) is 0 Å². The summed E-state index contributed by atoms with van der Waals surface area (Å²) in [6, 6.07) is -2.35. The molecule has 3 unspecified atom stereocenters. The van der Waals surface area contributed by atoms with Crippen molar-refractivity contribution in [3.8, 4) is 0 Å². The molecule has 0 aliphatic rings. The van der Waals surface area contributed by atoms with Crippen molar-refractivity contribution in [1.29, 1.82) is 0 Å². The third-order valence-electron chi connectivity index (χ3n) is 11.6. The highest BCUT2D eigenvalue weighted by Crippen LogP contribution is 2.17. The van der Waals surface area contributed by atoms with E-state index >= 15 is 0 Å². The molecule has 0 rings (SSSR count). The highest BCUT2D eigenvalue weighted by molar-refractivity contribution is 7.99. The molecule has 0 radical (unpaired) electrons. The molecule has 5 amide bonds. The minimum Gasteiger partial charge on any atom is -0.462 e. The molecule has 0 aliphatic heterocycles. The predicted octanol–water partition coefficient (Wildman–Crippen LogP) is 8.40. The highest BCUT2D eigenvalue weighted by Gasteiger charge is 2.27. The quantitative estimate of drug-likeness (QED) is 0.0250. The van der Waals surface area contributed by atoms with Crippen LogP contribution >= 0.6 is 11.8 Å². The smallest absolute Gasteiger partial charge is 0.306 e. The van der Waals surface area contributed by atoms with E-state index in [2.05, 4.69) is 35.1 Å². The largest absolute Gasteiger partial charge is 0.462 e. The van der Waals surface area contributed by atoms with Gasteiger partial charge in [-0.2, -0.15) is 11.8 Å². The van der Waals surface area contributed by atoms with Crippen molar-refractivity contribution in [2.45, 2.75) is 244 Å². The van der Waals surface area contributed by atoms with Crippen molar-refractivity contribution in [2.24, 2.45) is 5.73 Å². The van der Waals surface area contributed by atoms with Crippen LogP contribution in [-0.4, -0.2) is 103 Å². The first-order chi connectivity index (χ1) is 32.4. The van der Waals surface area contributed by atoms with Crippen LogP contribution < -0.4 is 27.0 Å². The number of unbranched alkanes of at least 4 members (excludes halogenated alkanes) is 26. The zero-order valence-electron chi connectivity index (χ0n) is 42.2. The number of primary amides is 1. The van der Waals surface area contributed by atoms with Gasteiger partial charge in [0.25, 0.3) is 0 Å². The fourth-order valence-corrected chi connectivity index (χ4v) is 8.64. The zero-order valence-corrected chi connectivity index (χ0v) is 43.0. The average molecular weight is 970 g/mol. The fraction of sp³-hybridized carbons (Fsp3) is 0.863. The van der Waals surface area contributed by atoms with Gasteiger partial charge in [0, 0.05) is 44.2 Å². The van der Waals surface area contributed by atoms with Crippen LogP contribution in [0, 0.1) is 0 Å². The van der Waals surface area contributed by atoms with Crippen LogP contribution in [0.5, 0.6) is 0 Å². The van der Waals surface area contributed by atoms with Gasteiger partial charge in [-0.25, -0.2) is 0 Å². The molecule has 0 aromatic carbocycles. The summed E-state index contributed by atoms with van der Waals surface area (Å²) in [6.07, 6.45) is 32.8. The van der Waals surface area contributed by atoms with Gasteiger partial charge in [0.05, 0.1) is 13.2 Å². The maximum absolute atomic E-state index is 13.3. The lowest BCUT2D eigenvalue weighted by molar-refractivity contribution is -0.157. The van der Waals surface area contributed by atoms with Crippen LogP contribution in [0.2, 0.25) is 0 Å². The number of amides is 5. The van der Waals surface area contributed by atoms with E-state index < -0.39 is 48.4 Å². The minimum absolute atomic E-state index is 0.0536. The summed E-state index contributed by atoms with van der Waals surface area (Å²) in [5.74, 6) is -3.17. The molecule has 0 heterocycles. The molecule has 0 fully saturated rings. The molecular formula is C51H95N5O10S. The Morgan fingerprint density at radius 2 is 0.970 bits per heavy atom. The van der Waals surface area contributed by atoms with Gasteiger partial charge in [-0.05, 0) is 25.7 Å². The standard InChI is InChI=1S/C51H95N5O10S/c1-4-6-8-10-12-14-16-18-20-22-24-26-30-34-48(61)65-39-43(66-49(62)35-31-27-25-23-21-19-17-15-13-11-9-7-5-2)40-67-41-45(55-42(3)58)51(64)56-44(38-57)50(63)53-36-32-28-29-33-47(60)54-37-46(52)59/h43-45,57H,4-41H2,1-3H3,(H2,52,59)(H,53,63)(H,54,60)(H,55,58)(H,56,64). The molecule has 0 aliphatic carbocycles. The summed E-state index contributed by atoms with van der Waals surface area (Å²) in [5, 5.41) is 20.1. The highest BCUT2D eigenvalue weighted by atomic mass is 32.2. The molecule has 0 saturated carbocycles. The number of nitrogens with two attached hydrogens (primary N) is 1. The van der Waals surface area contributed by atoms with E-state index in [0.717, 1.165) is 44.9 Å². The number of aliphatic hydroxyl groups is 1. The van der Waals surface area contributed by atoms with Gasteiger partial charge in [-0.1, -0.05) is 174 Å². The lowest BCUT2D eigenvalue weighted by Crippen LogP contribution is -2.55. The molecule has 15 nitrogen and oxygen atoms in total. The minimum atomic E-state index is -1.28.